The van der Waals surface area contributed by atoms with Gasteiger partial charge in [0.25, 0.3) is 5.56 Å². The summed E-state index contributed by atoms with van der Waals surface area (Å²) in [6.07, 6.45) is 2.92. The molecule has 6 rings (SSSR count). The van der Waals surface area contributed by atoms with Gasteiger partial charge in [-0.25, -0.2) is 9.18 Å². The molecule has 0 bridgehead atoms. The van der Waals surface area contributed by atoms with Crippen LogP contribution in [0.25, 0.3) is 33.0 Å². The van der Waals surface area contributed by atoms with Crippen molar-refractivity contribution in [3.63, 3.8) is 0 Å². The topological polar surface area (TPSA) is 117 Å². The third-order valence-corrected chi connectivity index (χ3v) is 6.58. The molecule has 1 aliphatic rings. The molecule has 0 unspecified atom stereocenters. The van der Waals surface area contributed by atoms with Crippen LogP contribution in [0, 0.1) is 5.82 Å². The number of carboxylic acid groups (broad SMARTS) is 1. The maximum atomic E-state index is 15.0. The van der Waals surface area contributed by atoms with Gasteiger partial charge in [-0.2, -0.15) is 0 Å². The Kier molecular flexibility index (Phi) is 4.58. The lowest BCUT2D eigenvalue weighted by molar-refractivity contribution is -0.115. The Hall–Kier alpha value is -4.37. The Labute approximate surface area is 200 Å². The number of benzene rings is 2. The molecule has 0 atom stereocenters. The van der Waals surface area contributed by atoms with Crippen molar-refractivity contribution in [3.8, 4) is 11.1 Å². The average molecular weight is 492 g/mol. The van der Waals surface area contributed by atoms with Gasteiger partial charge in [-0.1, -0.05) is 11.6 Å². The third-order valence-electron chi connectivity index (χ3n) is 6.23. The minimum atomic E-state index is -1.31. The maximum Gasteiger partial charge on any atom is 0.353 e. The number of carbonyl (C=O) groups excluding carboxylic acids is 1. The van der Waals surface area contributed by atoms with Crippen LogP contribution in [0.5, 0.6) is 0 Å². The zero-order valence-electron chi connectivity index (χ0n) is 17.8. The molecule has 1 aliphatic heterocycles. The van der Waals surface area contributed by atoms with E-state index in [4.69, 9.17) is 16.0 Å². The fraction of sp³-hybridized carbons (Fsp3) is 0.0800. The molecule has 2 aromatic carbocycles. The number of amides is 1. The molecule has 1 amide bonds. The van der Waals surface area contributed by atoms with Crippen molar-refractivity contribution in [2.45, 2.75) is 13.0 Å². The Morgan fingerprint density at radius 3 is 2.83 bits per heavy atom. The van der Waals surface area contributed by atoms with Crippen molar-refractivity contribution in [2.24, 2.45) is 0 Å². The highest BCUT2D eigenvalue weighted by Gasteiger charge is 2.29. The van der Waals surface area contributed by atoms with Crippen LogP contribution in [0.1, 0.15) is 21.6 Å². The molecule has 0 saturated carbocycles. The van der Waals surface area contributed by atoms with Gasteiger partial charge < -0.3 is 24.4 Å². The largest absolute Gasteiger partial charge is 0.477 e. The van der Waals surface area contributed by atoms with Gasteiger partial charge in [-0.05, 0) is 47.5 Å². The van der Waals surface area contributed by atoms with E-state index in [9.17, 15) is 19.5 Å². The fourth-order valence-corrected chi connectivity index (χ4v) is 4.99. The Balaban J connectivity index is 1.70. The zero-order valence-corrected chi connectivity index (χ0v) is 18.6. The number of aromatic amines is 1. The summed E-state index contributed by atoms with van der Waals surface area (Å²) in [5.41, 5.74) is 1.72. The first-order valence-electron chi connectivity index (χ1n) is 10.6. The van der Waals surface area contributed by atoms with Gasteiger partial charge in [0.1, 0.15) is 17.1 Å². The monoisotopic (exact) mass is 491 g/mol. The first-order chi connectivity index (χ1) is 16.8. The second-order valence-corrected chi connectivity index (χ2v) is 8.68. The molecule has 0 radical (unpaired) electrons. The summed E-state index contributed by atoms with van der Waals surface area (Å²) in [7, 11) is 0. The van der Waals surface area contributed by atoms with Crippen LogP contribution in [0.2, 0.25) is 5.02 Å². The maximum absolute atomic E-state index is 15.0. The average Bonchev–Trinajstić information content (AvgIpc) is 3.50. The normalized spacial score (nSPS) is 12.9. The lowest BCUT2D eigenvalue weighted by atomic mass is 10.0. The minimum absolute atomic E-state index is 0.0468. The Morgan fingerprint density at radius 2 is 2.06 bits per heavy atom. The molecule has 8 nitrogen and oxygen atoms in total. The van der Waals surface area contributed by atoms with Gasteiger partial charge >= 0.3 is 5.97 Å². The standard InChI is InChI=1S/C25H15ClFN3O5/c26-15-8-17-11(7-19(31)29-17)6-12(15)10-30-18-9-16(27)13-3-5-35-23(13)21(18)20(22(30)25(33)34)14-2-1-4-28-24(14)32/h1-6,8-9H,7,10H2,(H,28,32)(H,29,31)(H,33,34). The van der Waals surface area contributed by atoms with Crippen molar-refractivity contribution in [1.82, 2.24) is 9.55 Å². The van der Waals surface area contributed by atoms with Crippen molar-refractivity contribution >= 4 is 51.0 Å². The van der Waals surface area contributed by atoms with E-state index in [1.807, 2.05) is 0 Å². The number of aromatic nitrogens is 2. The first kappa shape index (κ1) is 21.2. The number of fused-ring (bicyclic) bond motifs is 4. The van der Waals surface area contributed by atoms with Gasteiger partial charge in [0.15, 0.2) is 0 Å². The van der Waals surface area contributed by atoms with Gasteiger partial charge in [-0.3, -0.25) is 9.59 Å². The summed E-state index contributed by atoms with van der Waals surface area (Å²) < 4.78 is 22.0. The van der Waals surface area contributed by atoms with Crippen LogP contribution in [0.15, 0.2) is 58.1 Å². The molecule has 5 aromatic rings. The highest BCUT2D eigenvalue weighted by atomic mass is 35.5. The summed E-state index contributed by atoms with van der Waals surface area (Å²) in [6.45, 7) is -0.0468. The van der Waals surface area contributed by atoms with Crippen molar-refractivity contribution in [2.75, 3.05) is 5.32 Å². The van der Waals surface area contributed by atoms with Crippen LogP contribution >= 0.6 is 11.6 Å². The number of rotatable bonds is 4. The van der Waals surface area contributed by atoms with Gasteiger partial charge in [0, 0.05) is 29.0 Å². The van der Waals surface area contributed by atoms with Crippen LogP contribution < -0.4 is 10.9 Å². The van der Waals surface area contributed by atoms with Crippen molar-refractivity contribution < 1.29 is 23.5 Å². The molecule has 35 heavy (non-hydrogen) atoms. The van der Waals surface area contributed by atoms with E-state index in [2.05, 4.69) is 10.3 Å². The number of carboxylic acids is 1. The summed E-state index contributed by atoms with van der Waals surface area (Å²) in [6, 6.07) is 9.09. The molecular weight excluding hydrogens is 477 g/mol. The number of carbonyl (C=O) groups is 2. The molecule has 0 saturated heterocycles. The molecule has 0 fully saturated rings. The van der Waals surface area contributed by atoms with Gasteiger partial charge in [0.05, 0.1) is 34.5 Å². The number of nitrogens with one attached hydrogen (secondary N) is 2. The van der Waals surface area contributed by atoms with E-state index in [0.717, 1.165) is 5.56 Å². The number of hydrogen-bond donors (Lipinski definition) is 3. The fourth-order valence-electron chi connectivity index (χ4n) is 4.76. The number of H-pyrrole nitrogens is 1. The Bertz CT molecular complexity index is 1780. The highest BCUT2D eigenvalue weighted by molar-refractivity contribution is 6.32. The number of aromatic carboxylic acids is 1. The molecular formula is C25H15ClFN3O5. The summed E-state index contributed by atoms with van der Waals surface area (Å²) in [5.74, 6) is -2.08. The van der Waals surface area contributed by atoms with E-state index < -0.39 is 17.3 Å². The van der Waals surface area contributed by atoms with Gasteiger partial charge in [-0.15, -0.1) is 0 Å². The van der Waals surface area contributed by atoms with Crippen LogP contribution in [0.4, 0.5) is 10.1 Å². The molecule has 3 aromatic heterocycles. The molecule has 4 heterocycles. The Morgan fingerprint density at radius 1 is 1.23 bits per heavy atom. The summed E-state index contributed by atoms with van der Waals surface area (Å²) in [4.78, 5) is 39.7. The van der Waals surface area contributed by atoms with Gasteiger partial charge in [0.2, 0.25) is 5.91 Å². The molecule has 10 heteroatoms. The summed E-state index contributed by atoms with van der Waals surface area (Å²) >= 11 is 6.49. The zero-order chi connectivity index (χ0) is 24.4. The van der Waals surface area contributed by atoms with E-state index in [1.54, 1.807) is 18.2 Å². The minimum Gasteiger partial charge on any atom is -0.477 e. The molecule has 0 spiro atoms. The second-order valence-electron chi connectivity index (χ2n) is 8.27. The number of halogens is 2. The quantitative estimate of drug-likeness (QED) is 0.334. The first-order valence-corrected chi connectivity index (χ1v) is 11.0. The van der Waals surface area contributed by atoms with Crippen LogP contribution in [0.3, 0.4) is 0 Å². The lowest BCUT2D eigenvalue weighted by Crippen LogP contribution is -2.14. The number of anilines is 1. The molecule has 174 valence electrons. The number of nitrogens with zero attached hydrogens (tertiary/aromatic N) is 1. The number of pyridine rings is 1. The van der Waals surface area contributed by atoms with Crippen molar-refractivity contribution in [1.29, 1.82) is 0 Å². The third kappa shape index (κ3) is 3.16. The lowest BCUT2D eigenvalue weighted by Gasteiger charge is -2.12. The van der Waals surface area contributed by atoms with E-state index in [-0.39, 0.29) is 52.2 Å². The van der Waals surface area contributed by atoms with Crippen LogP contribution in [-0.2, 0) is 17.8 Å². The smallest absolute Gasteiger partial charge is 0.353 e. The van der Waals surface area contributed by atoms with E-state index in [1.165, 1.54) is 35.2 Å². The SMILES string of the molecule is O=C1Cc2cc(Cn3c(C(=O)O)c(-c4ccc[nH]c4=O)c4c5occc5c(F)cc43)c(Cl)cc2N1. The highest BCUT2D eigenvalue weighted by Crippen LogP contribution is 2.41. The van der Waals surface area contributed by atoms with Crippen LogP contribution in [-0.4, -0.2) is 26.5 Å². The van der Waals surface area contributed by atoms with E-state index in [0.29, 0.717) is 21.7 Å². The predicted molar refractivity (Wildman–Crippen MR) is 128 cm³/mol. The second kappa shape index (κ2) is 7.57. The van der Waals surface area contributed by atoms with E-state index >= 15 is 4.39 Å². The number of hydrogen-bond acceptors (Lipinski definition) is 4. The van der Waals surface area contributed by atoms with Crippen molar-refractivity contribution in [3.05, 3.63) is 86.9 Å². The predicted octanol–water partition coefficient (Wildman–Crippen LogP) is 4.78. The summed E-state index contributed by atoms with van der Waals surface area (Å²) in [5, 5.41) is 13.8. The molecule has 0 aliphatic carbocycles. The number of furan rings is 1. The molecule has 3 N–H and O–H groups in total.